The van der Waals surface area contributed by atoms with Crippen molar-refractivity contribution in [1.29, 1.82) is 0 Å². The molecule has 1 aromatic carbocycles. The summed E-state index contributed by atoms with van der Waals surface area (Å²) in [5.74, 6) is -1.53. The van der Waals surface area contributed by atoms with Crippen molar-refractivity contribution in [2.24, 2.45) is 0 Å². The number of hydrogen-bond donors (Lipinski definition) is 2. The fourth-order valence-corrected chi connectivity index (χ4v) is 3.37. The summed E-state index contributed by atoms with van der Waals surface area (Å²) < 4.78 is 7.40. The molecule has 2 aromatic rings. The molecule has 1 unspecified atom stereocenters. The summed E-state index contributed by atoms with van der Waals surface area (Å²) >= 11 is 0. The second-order valence-electron chi connectivity index (χ2n) is 7.99. The Morgan fingerprint density at radius 1 is 1.25 bits per heavy atom. The number of carboxylic acids is 1. The van der Waals surface area contributed by atoms with Gasteiger partial charge in [-0.15, -0.1) is 0 Å². The standard InChI is InChI=1S/C21H27N3O4/c1-21(2,3)28-13-12-16(20(26)27)22-19(25)18-15-10-7-11-17(15)24(23-18)14-8-5-4-6-9-14/h4-6,8-9,16H,7,10-13H2,1-3H3,(H,22,25)(H,26,27). The van der Waals surface area contributed by atoms with E-state index in [0.717, 1.165) is 36.2 Å². The Balaban J connectivity index is 1.77. The summed E-state index contributed by atoms with van der Waals surface area (Å²) in [6.07, 6.45) is 2.78. The van der Waals surface area contributed by atoms with Gasteiger partial charge in [-0.05, 0) is 52.2 Å². The van der Waals surface area contributed by atoms with E-state index in [1.165, 1.54) is 0 Å². The van der Waals surface area contributed by atoms with Crippen molar-refractivity contribution >= 4 is 11.9 Å². The average molecular weight is 385 g/mol. The largest absolute Gasteiger partial charge is 0.480 e. The molecule has 0 saturated carbocycles. The third-order valence-electron chi connectivity index (χ3n) is 4.69. The zero-order valence-corrected chi connectivity index (χ0v) is 16.6. The van der Waals surface area contributed by atoms with Crippen LogP contribution in [0.15, 0.2) is 30.3 Å². The van der Waals surface area contributed by atoms with Gasteiger partial charge in [0.15, 0.2) is 5.69 Å². The number of fused-ring (bicyclic) bond motifs is 1. The first kappa shape index (κ1) is 20.1. The molecule has 0 bridgehead atoms. The first-order chi connectivity index (χ1) is 13.3. The van der Waals surface area contributed by atoms with Crippen LogP contribution < -0.4 is 5.32 Å². The zero-order chi connectivity index (χ0) is 20.3. The summed E-state index contributed by atoms with van der Waals surface area (Å²) in [7, 11) is 0. The lowest BCUT2D eigenvalue weighted by atomic mass is 10.1. The third-order valence-corrected chi connectivity index (χ3v) is 4.69. The molecule has 28 heavy (non-hydrogen) atoms. The highest BCUT2D eigenvalue weighted by molar-refractivity contribution is 5.96. The molecule has 0 saturated heterocycles. The molecule has 0 radical (unpaired) electrons. The number of nitrogens with zero attached hydrogens (tertiary/aromatic N) is 2. The van der Waals surface area contributed by atoms with Gasteiger partial charge in [0.05, 0.1) is 11.3 Å². The summed E-state index contributed by atoms with van der Waals surface area (Å²) in [6.45, 7) is 5.96. The molecule has 1 heterocycles. The highest BCUT2D eigenvalue weighted by Gasteiger charge is 2.29. The van der Waals surface area contributed by atoms with Crippen molar-refractivity contribution < 1.29 is 19.4 Å². The molecular formula is C21H27N3O4. The number of carboxylic acid groups (broad SMARTS) is 1. The van der Waals surface area contributed by atoms with Crippen LogP contribution >= 0.6 is 0 Å². The van der Waals surface area contributed by atoms with Crippen LogP contribution in [-0.2, 0) is 22.4 Å². The van der Waals surface area contributed by atoms with Gasteiger partial charge in [0, 0.05) is 24.3 Å². The van der Waals surface area contributed by atoms with Crippen LogP contribution in [0.1, 0.15) is 55.4 Å². The van der Waals surface area contributed by atoms with E-state index in [1.54, 1.807) is 4.68 Å². The third kappa shape index (κ3) is 4.59. The van der Waals surface area contributed by atoms with E-state index in [9.17, 15) is 14.7 Å². The summed E-state index contributed by atoms with van der Waals surface area (Å²) in [4.78, 5) is 24.4. The Morgan fingerprint density at radius 2 is 1.96 bits per heavy atom. The Labute approximate surface area is 164 Å². The fourth-order valence-electron chi connectivity index (χ4n) is 3.37. The van der Waals surface area contributed by atoms with Crippen LogP contribution in [0.4, 0.5) is 0 Å². The van der Waals surface area contributed by atoms with E-state index in [2.05, 4.69) is 10.4 Å². The molecule has 1 amide bonds. The first-order valence-electron chi connectivity index (χ1n) is 9.60. The maximum absolute atomic E-state index is 12.8. The van der Waals surface area contributed by atoms with Crippen LogP contribution in [-0.4, -0.2) is 45.0 Å². The minimum atomic E-state index is -1.08. The molecule has 2 N–H and O–H groups in total. The molecule has 7 nitrogen and oxygen atoms in total. The lowest BCUT2D eigenvalue weighted by Gasteiger charge is -2.21. The molecule has 1 aromatic heterocycles. The van der Waals surface area contributed by atoms with Gasteiger partial charge in [-0.1, -0.05) is 18.2 Å². The molecule has 0 aliphatic heterocycles. The number of aliphatic carboxylic acids is 1. The summed E-state index contributed by atoms with van der Waals surface area (Å²) in [5.41, 5.74) is 2.80. The van der Waals surface area contributed by atoms with Crippen molar-refractivity contribution in [3.8, 4) is 5.69 Å². The van der Waals surface area contributed by atoms with Gasteiger partial charge >= 0.3 is 5.97 Å². The molecule has 7 heteroatoms. The fraction of sp³-hybridized carbons (Fsp3) is 0.476. The number of amides is 1. The SMILES string of the molecule is CC(C)(C)OCCC(NC(=O)c1nn(-c2ccccc2)c2c1CCC2)C(=O)O. The Bertz CT molecular complexity index is 853. The first-order valence-corrected chi connectivity index (χ1v) is 9.60. The van der Waals surface area contributed by atoms with E-state index in [4.69, 9.17) is 4.74 Å². The molecule has 1 aliphatic carbocycles. The van der Waals surface area contributed by atoms with Gasteiger partial charge in [-0.2, -0.15) is 5.10 Å². The van der Waals surface area contributed by atoms with Crippen LogP contribution in [0.2, 0.25) is 0 Å². The van der Waals surface area contributed by atoms with Gasteiger partial charge in [-0.25, -0.2) is 9.48 Å². The quantitative estimate of drug-likeness (QED) is 0.764. The Morgan fingerprint density at radius 3 is 2.61 bits per heavy atom. The number of para-hydroxylation sites is 1. The molecule has 1 aliphatic rings. The second-order valence-corrected chi connectivity index (χ2v) is 7.99. The van der Waals surface area contributed by atoms with E-state index in [-0.39, 0.29) is 18.6 Å². The predicted octanol–water partition coefficient (Wildman–Crippen LogP) is 2.75. The van der Waals surface area contributed by atoms with Gasteiger partial charge in [0.25, 0.3) is 5.91 Å². The van der Waals surface area contributed by atoms with Crippen molar-refractivity contribution in [2.45, 2.75) is 58.1 Å². The number of benzene rings is 1. The van der Waals surface area contributed by atoms with Crippen LogP contribution in [0.5, 0.6) is 0 Å². The number of hydrogen-bond acceptors (Lipinski definition) is 4. The maximum atomic E-state index is 12.8. The molecule has 3 rings (SSSR count). The Hall–Kier alpha value is -2.67. The molecule has 0 spiro atoms. The van der Waals surface area contributed by atoms with E-state index in [1.807, 2.05) is 51.1 Å². The lowest BCUT2D eigenvalue weighted by Crippen LogP contribution is -2.42. The normalized spacial score (nSPS) is 14.5. The minimum Gasteiger partial charge on any atom is -0.480 e. The Kier molecular flexibility index (Phi) is 5.84. The minimum absolute atomic E-state index is 0.194. The van der Waals surface area contributed by atoms with Crippen LogP contribution in [0, 0.1) is 0 Å². The van der Waals surface area contributed by atoms with E-state index >= 15 is 0 Å². The van der Waals surface area contributed by atoms with Gasteiger partial charge in [0.2, 0.25) is 0 Å². The van der Waals surface area contributed by atoms with Crippen molar-refractivity contribution in [3.05, 3.63) is 47.3 Å². The summed E-state index contributed by atoms with van der Waals surface area (Å²) in [6, 6.07) is 8.64. The monoisotopic (exact) mass is 385 g/mol. The van der Waals surface area contributed by atoms with Crippen molar-refractivity contribution in [3.63, 3.8) is 0 Å². The maximum Gasteiger partial charge on any atom is 0.326 e. The van der Waals surface area contributed by atoms with E-state index < -0.39 is 17.9 Å². The molecule has 150 valence electrons. The molecule has 0 fully saturated rings. The number of ether oxygens (including phenoxy) is 1. The smallest absolute Gasteiger partial charge is 0.326 e. The molecular weight excluding hydrogens is 358 g/mol. The number of nitrogens with one attached hydrogen (secondary N) is 1. The van der Waals surface area contributed by atoms with Gasteiger partial charge < -0.3 is 15.2 Å². The highest BCUT2D eigenvalue weighted by Crippen LogP contribution is 2.27. The number of rotatable bonds is 7. The second kappa shape index (κ2) is 8.14. The average Bonchev–Trinajstić information content (AvgIpc) is 3.22. The van der Waals surface area contributed by atoms with E-state index in [0.29, 0.717) is 5.69 Å². The number of aromatic nitrogens is 2. The predicted molar refractivity (Wildman–Crippen MR) is 105 cm³/mol. The van der Waals surface area contributed by atoms with Crippen LogP contribution in [0.3, 0.4) is 0 Å². The molecule has 1 atom stereocenters. The number of carbonyl (C=O) groups excluding carboxylic acids is 1. The van der Waals surface area contributed by atoms with Gasteiger partial charge in [0.1, 0.15) is 6.04 Å². The highest BCUT2D eigenvalue weighted by atomic mass is 16.5. The van der Waals surface area contributed by atoms with Gasteiger partial charge in [-0.3, -0.25) is 4.79 Å². The van der Waals surface area contributed by atoms with Crippen molar-refractivity contribution in [1.82, 2.24) is 15.1 Å². The number of carbonyl (C=O) groups is 2. The lowest BCUT2D eigenvalue weighted by molar-refractivity contribution is -0.140. The zero-order valence-electron chi connectivity index (χ0n) is 16.6. The summed E-state index contributed by atoms with van der Waals surface area (Å²) in [5, 5.41) is 16.6. The van der Waals surface area contributed by atoms with Crippen LogP contribution in [0.25, 0.3) is 5.69 Å². The topological polar surface area (TPSA) is 93.5 Å². The van der Waals surface area contributed by atoms with Crippen molar-refractivity contribution in [2.75, 3.05) is 6.61 Å².